The van der Waals surface area contributed by atoms with E-state index in [1.807, 2.05) is 13.8 Å². The van der Waals surface area contributed by atoms with Gasteiger partial charge in [-0.3, -0.25) is 0 Å². The lowest BCUT2D eigenvalue weighted by molar-refractivity contribution is -0.141. The van der Waals surface area contributed by atoms with Crippen molar-refractivity contribution >= 4 is 11.9 Å². The van der Waals surface area contributed by atoms with Crippen molar-refractivity contribution in [3.8, 4) is 0 Å². The number of hydrogen-bond acceptors (Lipinski definition) is 6. The number of alkyl halides is 3. The molecule has 2 rings (SSSR count). The first kappa shape index (κ1) is 17.5. The van der Waals surface area contributed by atoms with Gasteiger partial charge in [-0.05, 0) is 20.8 Å². The first-order chi connectivity index (χ1) is 10.7. The third-order valence-electron chi connectivity index (χ3n) is 3.24. The third-order valence-corrected chi connectivity index (χ3v) is 3.24. The molecule has 2 heterocycles. The van der Waals surface area contributed by atoms with Crippen LogP contribution in [0.15, 0.2) is 6.20 Å². The highest BCUT2D eigenvalue weighted by Gasteiger charge is 2.39. The van der Waals surface area contributed by atoms with E-state index < -0.39 is 23.4 Å². The molecule has 0 spiro atoms. The molecule has 0 aliphatic carbocycles. The summed E-state index contributed by atoms with van der Waals surface area (Å²) in [5, 5.41) is 0. The molecule has 6 nitrogen and oxygen atoms in total. The van der Waals surface area contributed by atoms with Crippen LogP contribution < -0.4 is 4.90 Å². The molecule has 1 aromatic rings. The Hall–Kier alpha value is -1.90. The lowest BCUT2D eigenvalue weighted by Crippen LogP contribution is -2.46. The highest BCUT2D eigenvalue weighted by atomic mass is 19.4. The molecule has 0 amide bonds. The second-order valence-corrected chi connectivity index (χ2v) is 5.31. The first-order valence-corrected chi connectivity index (χ1v) is 7.24. The van der Waals surface area contributed by atoms with Crippen LogP contribution in [0, 0.1) is 0 Å². The summed E-state index contributed by atoms with van der Waals surface area (Å²) in [5.41, 5.74) is -1.97. The Morgan fingerprint density at radius 2 is 2.00 bits per heavy atom. The molecule has 1 fully saturated rings. The van der Waals surface area contributed by atoms with Gasteiger partial charge in [0.25, 0.3) is 0 Å². The second-order valence-electron chi connectivity index (χ2n) is 5.31. The van der Waals surface area contributed by atoms with Gasteiger partial charge < -0.3 is 14.4 Å². The standard InChI is InChI=1S/C14H18F3N3O3/c1-4-22-12(21)10-5-18-13(19-11(10)14(15,16)17)20-6-8(2)23-9(3)7-20/h5,8-9H,4,6-7H2,1-3H3/t8-,9-/m1/s1. The molecule has 2 atom stereocenters. The zero-order valence-corrected chi connectivity index (χ0v) is 13.1. The summed E-state index contributed by atoms with van der Waals surface area (Å²) in [7, 11) is 0. The summed E-state index contributed by atoms with van der Waals surface area (Å²) in [6.45, 7) is 5.87. The zero-order valence-electron chi connectivity index (χ0n) is 13.1. The Balaban J connectivity index is 2.38. The smallest absolute Gasteiger partial charge is 0.434 e. The van der Waals surface area contributed by atoms with Crippen molar-refractivity contribution in [2.75, 3.05) is 24.6 Å². The number of aromatic nitrogens is 2. The maximum Gasteiger partial charge on any atom is 0.434 e. The number of carbonyl (C=O) groups excluding carboxylic acids is 1. The molecule has 0 radical (unpaired) electrons. The molecular formula is C14H18F3N3O3. The van der Waals surface area contributed by atoms with Gasteiger partial charge in [-0.1, -0.05) is 0 Å². The van der Waals surface area contributed by atoms with E-state index in [0.717, 1.165) is 6.20 Å². The van der Waals surface area contributed by atoms with Gasteiger partial charge in [-0.25, -0.2) is 14.8 Å². The number of carbonyl (C=O) groups is 1. The minimum absolute atomic E-state index is 0.0314. The van der Waals surface area contributed by atoms with Crippen LogP contribution >= 0.6 is 0 Å². The predicted molar refractivity (Wildman–Crippen MR) is 75.2 cm³/mol. The number of halogens is 3. The molecule has 1 aliphatic rings. The van der Waals surface area contributed by atoms with Crippen LogP contribution in [-0.4, -0.2) is 47.8 Å². The van der Waals surface area contributed by atoms with E-state index in [9.17, 15) is 18.0 Å². The van der Waals surface area contributed by atoms with E-state index in [-0.39, 0.29) is 24.8 Å². The maximum absolute atomic E-state index is 13.2. The van der Waals surface area contributed by atoms with E-state index in [4.69, 9.17) is 4.74 Å². The van der Waals surface area contributed by atoms with Gasteiger partial charge in [0.05, 0.1) is 18.8 Å². The summed E-state index contributed by atoms with van der Waals surface area (Å²) in [5.74, 6) is -1.16. The molecule has 0 N–H and O–H groups in total. The lowest BCUT2D eigenvalue weighted by atomic mass is 10.2. The van der Waals surface area contributed by atoms with Crippen molar-refractivity contribution in [1.82, 2.24) is 9.97 Å². The Labute approximate surface area is 131 Å². The van der Waals surface area contributed by atoms with Gasteiger partial charge in [-0.15, -0.1) is 0 Å². The summed E-state index contributed by atoms with van der Waals surface area (Å²) in [6, 6.07) is 0. The summed E-state index contributed by atoms with van der Waals surface area (Å²) >= 11 is 0. The van der Waals surface area contributed by atoms with Crippen LogP contribution in [0.5, 0.6) is 0 Å². The van der Waals surface area contributed by atoms with E-state index in [0.29, 0.717) is 13.1 Å². The minimum Gasteiger partial charge on any atom is -0.462 e. The fourth-order valence-electron chi connectivity index (χ4n) is 2.44. The van der Waals surface area contributed by atoms with Crippen molar-refractivity contribution in [3.05, 3.63) is 17.5 Å². The fraction of sp³-hybridized carbons (Fsp3) is 0.643. The van der Waals surface area contributed by atoms with E-state index >= 15 is 0 Å². The number of morpholine rings is 1. The molecule has 1 saturated heterocycles. The summed E-state index contributed by atoms with van der Waals surface area (Å²) in [6.07, 6.45) is -4.21. The van der Waals surface area contributed by atoms with E-state index in [2.05, 4.69) is 14.7 Å². The van der Waals surface area contributed by atoms with Crippen LogP contribution in [0.4, 0.5) is 19.1 Å². The van der Waals surface area contributed by atoms with Crippen LogP contribution in [0.3, 0.4) is 0 Å². The highest BCUT2D eigenvalue weighted by Crippen LogP contribution is 2.32. The number of nitrogens with zero attached hydrogens (tertiary/aromatic N) is 3. The molecule has 9 heteroatoms. The molecule has 0 saturated carbocycles. The van der Waals surface area contributed by atoms with E-state index in [1.165, 1.54) is 6.92 Å². The lowest BCUT2D eigenvalue weighted by Gasteiger charge is -2.35. The van der Waals surface area contributed by atoms with Crippen LogP contribution in [0.25, 0.3) is 0 Å². The molecule has 1 aliphatic heterocycles. The number of rotatable bonds is 3. The number of hydrogen-bond donors (Lipinski definition) is 0. The van der Waals surface area contributed by atoms with Gasteiger partial charge in [0.1, 0.15) is 5.56 Å². The van der Waals surface area contributed by atoms with Crippen molar-refractivity contribution in [1.29, 1.82) is 0 Å². The Kier molecular flexibility index (Phi) is 5.08. The summed E-state index contributed by atoms with van der Waals surface area (Å²) in [4.78, 5) is 20.8. The average Bonchev–Trinajstić information content (AvgIpc) is 2.45. The zero-order chi connectivity index (χ0) is 17.2. The topological polar surface area (TPSA) is 64.5 Å². The minimum atomic E-state index is -4.77. The SMILES string of the molecule is CCOC(=O)c1cnc(N2C[C@@H](C)O[C@H](C)C2)nc1C(F)(F)F. The van der Waals surface area contributed by atoms with Gasteiger partial charge >= 0.3 is 12.1 Å². The normalized spacial score (nSPS) is 22.1. The number of anilines is 1. The number of ether oxygens (including phenoxy) is 2. The number of esters is 1. The fourth-order valence-corrected chi connectivity index (χ4v) is 2.44. The molecule has 0 aromatic carbocycles. The van der Waals surface area contributed by atoms with Crippen LogP contribution in [0.1, 0.15) is 36.8 Å². The largest absolute Gasteiger partial charge is 0.462 e. The van der Waals surface area contributed by atoms with Gasteiger partial charge in [0, 0.05) is 19.3 Å². The maximum atomic E-state index is 13.2. The molecular weight excluding hydrogens is 315 g/mol. The Bertz CT molecular complexity index is 570. The van der Waals surface area contributed by atoms with Gasteiger partial charge in [0.2, 0.25) is 5.95 Å². The summed E-state index contributed by atoms with van der Waals surface area (Å²) < 4.78 is 49.8. The first-order valence-electron chi connectivity index (χ1n) is 7.24. The van der Waals surface area contributed by atoms with Gasteiger partial charge in [-0.2, -0.15) is 13.2 Å². The third kappa shape index (κ3) is 4.10. The monoisotopic (exact) mass is 333 g/mol. The van der Waals surface area contributed by atoms with Crippen molar-refractivity contribution < 1.29 is 27.4 Å². The van der Waals surface area contributed by atoms with Crippen molar-refractivity contribution in [3.63, 3.8) is 0 Å². The van der Waals surface area contributed by atoms with Crippen LogP contribution in [0.2, 0.25) is 0 Å². The van der Waals surface area contributed by atoms with Crippen LogP contribution in [-0.2, 0) is 15.7 Å². The van der Waals surface area contributed by atoms with Crippen molar-refractivity contribution in [2.24, 2.45) is 0 Å². The molecule has 1 aromatic heterocycles. The Morgan fingerprint density at radius 3 is 2.52 bits per heavy atom. The Morgan fingerprint density at radius 1 is 1.39 bits per heavy atom. The van der Waals surface area contributed by atoms with E-state index in [1.54, 1.807) is 4.90 Å². The molecule has 0 bridgehead atoms. The predicted octanol–water partition coefficient (Wildman–Crippen LogP) is 2.29. The molecule has 0 unspecified atom stereocenters. The van der Waals surface area contributed by atoms with Gasteiger partial charge in [0.15, 0.2) is 5.69 Å². The second kappa shape index (κ2) is 6.69. The van der Waals surface area contributed by atoms with Crippen molar-refractivity contribution in [2.45, 2.75) is 39.2 Å². The quantitative estimate of drug-likeness (QED) is 0.791. The highest BCUT2D eigenvalue weighted by molar-refractivity contribution is 5.90. The molecule has 23 heavy (non-hydrogen) atoms. The average molecular weight is 333 g/mol. The molecule has 128 valence electrons.